The Morgan fingerprint density at radius 2 is 1.76 bits per heavy atom. The van der Waals surface area contributed by atoms with Crippen LogP contribution in [0.5, 0.6) is 0 Å². The molecule has 0 aliphatic carbocycles. The van der Waals surface area contributed by atoms with Crippen LogP contribution in [-0.2, 0) is 6.54 Å². The molecule has 1 N–H and O–H groups in total. The third-order valence-corrected chi connectivity index (χ3v) is 3.51. The van der Waals surface area contributed by atoms with Gasteiger partial charge in [-0.2, -0.15) is 5.10 Å². The summed E-state index contributed by atoms with van der Waals surface area (Å²) < 4.78 is 1.69. The lowest BCUT2D eigenvalue weighted by Gasteiger charge is -2.12. The first-order valence-corrected chi connectivity index (χ1v) is 7.11. The van der Waals surface area contributed by atoms with Crippen molar-refractivity contribution >= 4 is 28.9 Å². The fourth-order valence-corrected chi connectivity index (χ4v) is 2.28. The standard InChI is InChI=1S/C15H12Cl2N4/c16-12-3-1-11(2-4-12)8-19-14-7-13(17)5-6-15(14)21-10-18-9-20-21/h1-7,9-10,19H,8H2. The molecule has 0 saturated heterocycles. The van der Waals surface area contributed by atoms with Crippen LogP contribution >= 0.6 is 23.2 Å². The maximum Gasteiger partial charge on any atom is 0.138 e. The highest BCUT2D eigenvalue weighted by molar-refractivity contribution is 6.31. The molecule has 0 aliphatic heterocycles. The summed E-state index contributed by atoms with van der Waals surface area (Å²) in [5.41, 5.74) is 2.91. The van der Waals surface area contributed by atoms with Crippen LogP contribution in [0.3, 0.4) is 0 Å². The Kier molecular flexibility index (Phi) is 4.08. The third-order valence-electron chi connectivity index (χ3n) is 3.02. The maximum atomic E-state index is 6.08. The van der Waals surface area contributed by atoms with Gasteiger partial charge in [0.25, 0.3) is 0 Å². The quantitative estimate of drug-likeness (QED) is 0.784. The van der Waals surface area contributed by atoms with Crippen LogP contribution in [0.2, 0.25) is 10.0 Å². The zero-order chi connectivity index (χ0) is 14.7. The van der Waals surface area contributed by atoms with Crippen LogP contribution in [0.1, 0.15) is 5.56 Å². The molecule has 0 spiro atoms. The van der Waals surface area contributed by atoms with Crippen LogP contribution < -0.4 is 5.32 Å². The summed E-state index contributed by atoms with van der Waals surface area (Å²) in [6.45, 7) is 0.666. The van der Waals surface area contributed by atoms with E-state index in [9.17, 15) is 0 Å². The number of nitrogens with zero attached hydrogens (tertiary/aromatic N) is 3. The average Bonchev–Trinajstić information content (AvgIpc) is 3.01. The third kappa shape index (κ3) is 3.35. The van der Waals surface area contributed by atoms with Crippen molar-refractivity contribution in [2.75, 3.05) is 5.32 Å². The molecule has 0 atom stereocenters. The van der Waals surface area contributed by atoms with E-state index in [-0.39, 0.29) is 0 Å². The number of benzene rings is 2. The fourth-order valence-electron chi connectivity index (χ4n) is 1.98. The van der Waals surface area contributed by atoms with Gasteiger partial charge in [0.1, 0.15) is 12.7 Å². The predicted molar refractivity (Wildman–Crippen MR) is 85.1 cm³/mol. The number of aromatic nitrogens is 3. The molecule has 0 bridgehead atoms. The Morgan fingerprint density at radius 3 is 2.48 bits per heavy atom. The molecule has 0 aliphatic rings. The summed E-state index contributed by atoms with van der Waals surface area (Å²) in [5, 5.41) is 8.90. The molecule has 0 saturated carbocycles. The second-order valence-electron chi connectivity index (χ2n) is 4.48. The van der Waals surface area contributed by atoms with Gasteiger partial charge in [-0.3, -0.25) is 0 Å². The van der Waals surface area contributed by atoms with Gasteiger partial charge < -0.3 is 5.32 Å². The first kappa shape index (κ1) is 13.9. The first-order chi connectivity index (χ1) is 10.2. The number of hydrogen-bond donors (Lipinski definition) is 1. The van der Waals surface area contributed by atoms with E-state index in [0.717, 1.165) is 22.0 Å². The van der Waals surface area contributed by atoms with Gasteiger partial charge in [-0.05, 0) is 35.9 Å². The van der Waals surface area contributed by atoms with Gasteiger partial charge in [0.05, 0.1) is 11.4 Å². The van der Waals surface area contributed by atoms with E-state index in [2.05, 4.69) is 15.4 Å². The summed E-state index contributed by atoms with van der Waals surface area (Å²) in [6, 6.07) is 13.3. The van der Waals surface area contributed by atoms with E-state index in [1.165, 1.54) is 6.33 Å². The van der Waals surface area contributed by atoms with Gasteiger partial charge >= 0.3 is 0 Å². The number of rotatable bonds is 4. The van der Waals surface area contributed by atoms with E-state index >= 15 is 0 Å². The SMILES string of the molecule is Clc1ccc(CNc2cc(Cl)ccc2-n2cncn2)cc1. The molecule has 21 heavy (non-hydrogen) atoms. The summed E-state index contributed by atoms with van der Waals surface area (Å²) in [7, 11) is 0. The van der Waals surface area contributed by atoms with Gasteiger partial charge in [-0.25, -0.2) is 9.67 Å². The second kappa shape index (κ2) is 6.16. The van der Waals surface area contributed by atoms with Gasteiger partial charge in [0, 0.05) is 16.6 Å². The molecule has 3 rings (SSSR count). The van der Waals surface area contributed by atoms with E-state index in [0.29, 0.717) is 11.6 Å². The molecule has 0 unspecified atom stereocenters. The number of hydrogen-bond acceptors (Lipinski definition) is 3. The van der Waals surface area contributed by atoms with Gasteiger partial charge in [0.15, 0.2) is 0 Å². The molecule has 1 aromatic heterocycles. The minimum atomic E-state index is 0.664. The monoisotopic (exact) mass is 318 g/mol. The van der Waals surface area contributed by atoms with Crippen LogP contribution in [0, 0.1) is 0 Å². The molecule has 2 aromatic carbocycles. The molecular formula is C15H12Cl2N4. The lowest BCUT2D eigenvalue weighted by Crippen LogP contribution is -2.05. The van der Waals surface area contributed by atoms with Crippen molar-refractivity contribution in [3.05, 3.63) is 70.7 Å². The van der Waals surface area contributed by atoms with Gasteiger partial charge in [0.2, 0.25) is 0 Å². The fraction of sp³-hybridized carbons (Fsp3) is 0.0667. The van der Waals surface area contributed by atoms with Crippen LogP contribution in [0.25, 0.3) is 5.69 Å². The topological polar surface area (TPSA) is 42.7 Å². The van der Waals surface area contributed by atoms with Crippen LogP contribution in [-0.4, -0.2) is 14.8 Å². The van der Waals surface area contributed by atoms with Gasteiger partial charge in [-0.15, -0.1) is 0 Å². The minimum absolute atomic E-state index is 0.664. The Morgan fingerprint density at radius 1 is 1.00 bits per heavy atom. The molecule has 0 fully saturated rings. The molecule has 0 amide bonds. The van der Waals surface area contributed by atoms with Crippen LogP contribution in [0.15, 0.2) is 55.1 Å². The molecule has 1 heterocycles. The van der Waals surface area contributed by atoms with Crippen molar-refractivity contribution in [1.82, 2.24) is 14.8 Å². The van der Waals surface area contributed by atoms with Gasteiger partial charge in [-0.1, -0.05) is 35.3 Å². The van der Waals surface area contributed by atoms with Crippen molar-refractivity contribution in [3.8, 4) is 5.69 Å². The molecule has 4 nitrogen and oxygen atoms in total. The lowest BCUT2D eigenvalue weighted by molar-refractivity contribution is 0.878. The number of halogens is 2. The Bertz CT molecular complexity index is 724. The predicted octanol–water partition coefficient (Wildman–Crippen LogP) is 4.19. The summed E-state index contributed by atoms with van der Waals surface area (Å²) >= 11 is 12.0. The van der Waals surface area contributed by atoms with Crippen LogP contribution in [0.4, 0.5) is 5.69 Å². The molecule has 106 valence electrons. The summed E-state index contributed by atoms with van der Waals surface area (Å²) in [5.74, 6) is 0. The minimum Gasteiger partial charge on any atom is -0.379 e. The Balaban J connectivity index is 1.84. The maximum absolute atomic E-state index is 6.08. The Hall–Kier alpha value is -2.04. The zero-order valence-electron chi connectivity index (χ0n) is 11.0. The molecular weight excluding hydrogens is 307 g/mol. The lowest BCUT2D eigenvalue weighted by atomic mass is 10.2. The average molecular weight is 319 g/mol. The summed E-state index contributed by atoms with van der Waals surface area (Å²) in [6.07, 6.45) is 3.15. The number of anilines is 1. The highest BCUT2D eigenvalue weighted by Crippen LogP contribution is 2.24. The van der Waals surface area contributed by atoms with Crippen molar-refractivity contribution < 1.29 is 0 Å². The molecule has 6 heteroatoms. The molecule has 3 aromatic rings. The largest absolute Gasteiger partial charge is 0.379 e. The van der Waals surface area contributed by atoms with E-state index in [1.54, 1.807) is 11.0 Å². The first-order valence-electron chi connectivity index (χ1n) is 6.35. The highest BCUT2D eigenvalue weighted by atomic mass is 35.5. The normalized spacial score (nSPS) is 10.6. The zero-order valence-corrected chi connectivity index (χ0v) is 12.5. The van der Waals surface area contributed by atoms with Crippen molar-refractivity contribution in [2.24, 2.45) is 0 Å². The highest BCUT2D eigenvalue weighted by Gasteiger charge is 2.06. The van der Waals surface area contributed by atoms with E-state index in [4.69, 9.17) is 23.2 Å². The summed E-state index contributed by atoms with van der Waals surface area (Å²) in [4.78, 5) is 3.97. The number of nitrogens with one attached hydrogen (secondary N) is 1. The molecule has 0 radical (unpaired) electrons. The van der Waals surface area contributed by atoms with Crippen molar-refractivity contribution in [2.45, 2.75) is 6.54 Å². The van der Waals surface area contributed by atoms with Crippen molar-refractivity contribution in [1.29, 1.82) is 0 Å². The van der Waals surface area contributed by atoms with Crippen molar-refractivity contribution in [3.63, 3.8) is 0 Å². The second-order valence-corrected chi connectivity index (χ2v) is 5.35. The smallest absolute Gasteiger partial charge is 0.138 e. The van der Waals surface area contributed by atoms with E-state index in [1.807, 2.05) is 42.5 Å². The van der Waals surface area contributed by atoms with E-state index < -0.39 is 0 Å². The Labute approximate surface area is 132 Å².